The Morgan fingerprint density at radius 1 is 1.00 bits per heavy atom. The van der Waals surface area contributed by atoms with Crippen molar-refractivity contribution in [1.82, 2.24) is 0 Å². The van der Waals surface area contributed by atoms with Crippen molar-refractivity contribution in [3.63, 3.8) is 0 Å². The first-order valence-electron chi connectivity index (χ1n) is 6.24. The largest absolute Gasteiger partial charge is 0.456 e. The van der Waals surface area contributed by atoms with Crippen molar-refractivity contribution in [3.8, 4) is 0 Å². The summed E-state index contributed by atoms with van der Waals surface area (Å²) in [5, 5.41) is 5.17. The van der Waals surface area contributed by atoms with Crippen LogP contribution >= 0.6 is 0 Å². The molecule has 0 aliphatic rings. The number of benzene rings is 1. The molecule has 2 aromatic rings. The number of halogens is 3. The Hall–Kier alpha value is -1.80. The monoisotopic (exact) mass is 333 g/mol. The summed E-state index contributed by atoms with van der Waals surface area (Å²) in [6.07, 6.45) is -4.60. The van der Waals surface area contributed by atoms with Gasteiger partial charge in [0.25, 0.3) is 0 Å². The van der Waals surface area contributed by atoms with Gasteiger partial charge in [-0.1, -0.05) is 18.2 Å². The molecule has 0 atom stereocenters. The van der Waals surface area contributed by atoms with Gasteiger partial charge in [0.2, 0.25) is 15.8 Å². The summed E-state index contributed by atoms with van der Waals surface area (Å²) in [4.78, 5) is -0.148. The summed E-state index contributed by atoms with van der Waals surface area (Å²) in [7, 11) is -4.01. The molecule has 0 unspecified atom stereocenters. The molecule has 1 heterocycles. The number of sulfonamides is 1. The molecule has 0 amide bonds. The Balaban J connectivity index is 2.59. The van der Waals surface area contributed by atoms with Gasteiger partial charge < -0.3 is 4.42 Å². The average Bonchev–Trinajstić information content (AvgIpc) is 2.88. The predicted molar refractivity (Wildman–Crippen MR) is 73.7 cm³/mol. The zero-order chi connectivity index (χ0) is 16.8. The van der Waals surface area contributed by atoms with Gasteiger partial charge in [-0.25, -0.2) is 13.6 Å². The van der Waals surface area contributed by atoms with Gasteiger partial charge in [-0.3, -0.25) is 0 Å². The molecule has 1 aromatic heterocycles. The minimum absolute atomic E-state index is 0.00377. The highest BCUT2D eigenvalue weighted by molar-refractivity contribution is 7.89. The molecule has 2 rings (SSSR count). The van der Waals surface area contributed by atoms with Crippen LogP contribution in [0.15, 0.2) is 45.7 Å². The number of primary sulfonamides is 1. The van der Waals surface area contributed by atoms with E-state index in [0.29, 0.717) is 0 Å². The number of nitrogens with two attached hydrogens (primary N) is 1. The van der Waals surface area contributed by atoms with Crippen LogP contribution in [0.2, 0.25) is 0 Å². The number of hydrogen-bond donors (Lipinski definition) is 1. The van der Waals surface area contributed by atoms with Crippen LogP contribution in [0.3, 0.4) is 0 Å². The molecule has 0 spiro atoms. The van der Waals surface area contributed by atoms with Crippen LogP contribution in [0, 0.1) is 0 Å². The lowest BCUT2D eigenvalue weighted by Crippen LogP contribution is -2.24. The van der Waals surface area contributed by atoms with Gasteiger partial charge in [-0.15, -0.1) is 0 Å². The van der Waals surface area contributed by atoms with Crippen LogP contribution in [-0.4, -0.2) is 8.42 Å². The second-order valence-electron chi connectivity index (χ2n) is 5.33. The first-order chi connectivity index (χ1) is 9.94. The molecule has 22 heavy (non-hydrogen) atoms. The van der Waals surface area contributed by atoms with Gasteiger partial charge >= 0.3 is 6.18 Å². The molecule has 0 radical (unpaired) electrons. The van der Waals surface area contributed by atoms with E-state index in [9.17, 15) is 21.6 Å². The quantitative estimate of drug-likeness (QED) is 0.937. The van der Waals surface area contributed by atoms with Crippen molar-refractivity contribution < 1.29 is 26.0 Å². The van der Waals surface area contributed by atoms with Crippen LogP contribution in [0.4, 0.5) is 13.2 Å². The molecule has 120 valence electrons. The van der Waals surface area contributed by atoms with Crippen molar-refractivity contribution >= 4 is 10.0 Å². The summed E-state index contributed by atoms with van der Waals surface area (Å²) in [6.45, 7) is 3.13. The highest BCUT2D eigenvalue weighted by atomic mass is 32.2. The summed E-state index contributed by atoms with van der Waals surface area (Å²) in [6, 6.07) is 7.87. The second kappa shape index (κ2) is 5.13. The van der Waals surface area contributed by atoms with E-state index >= 15 is 0 Å². The Kier molecular flexibility index (Phi) is 3.87. The predicted octanol–water partition coefficient (Wildman–Crippen LogP) is 3.27. The molecule has 0 fully saturated rings. The SMILES string of the molecule is CC(C)(c1ccc(C(F)(F)F)o1)c1ccccc1S(N)(=O)=O. The summed E-state index contributed by atoms with van der Waals surface area (Å²) in [5.41, 5.74) is -0.840. The average molecular weight is 333 g/mol. The number of rotatable bonds is 3. The van der Waals surface area contributed by atoms with E-state index in [1.807, 2.05) is 0 Å². The molecular weight excluding hydrogens is 319 g/mol. The molecule has 1 aromatic carbocycles. The van der Waals surface area contributed by atoms with Crippen molar-refractivity contribution in [2.75, 3.05) is 0 Å². The molecule has 0 saturated carbocycles. The first kappa shape index (κ1) is 16.6. The topological polar surface area (TPSA) is 73.3 Å². The Morgan fingerprint density at radius 2 is 1.55 bits per heavy atom. The lowest BCUT2D eigenvalue weighted by molar-refractivity contribution is -0.153. The molecule has 0 bridgehead atoms. The Morgan fingerprint density at radius 3 is 2.05 bits per heavy atom. The number of alkyl halides is 3. The lowest BCUT2D eigenvalue weighted by atomic mass is 9.82. The fourth-order valence-corrected chi connectivity index (χ4v) is 3.09. The fourth-order valence-electron chi connectivity index (χ4n) is 2.19. The van der Waals surface area contributed by atoms with E-state index in [2.05, 4.69) is 0 Å². The first-order valence-corrected chi connectivity index (χ1v) is 7.78. The van der Waals surface area contributed by atoms with E-state index in [0.717, 1.165) is 6.07 Å². The van der Waals surface area contributed by atoms with Crippen molar-refractivity contribution in [2.24, 2.45) is 5.14 Å². The number of furan rings is 1. The normalized spacial score (nSPS) is 13.4. The molecule has 2 N–H and O–H groups in total. The highest BCUT2D eigenvalue weighted by Crippen LogP contribution is 2.39. The molecular formula is C14H14F3NO3S. The van der Waals surface area contributed by atoms with Crippen molar-refractivity contribution in [2.45, 2.75) is 30.3 Å². The van der Waals surface area contributed by atoms with Crippen molar-refractivity contribution in [3.05, 3.63) is 53.5 Å². The van der Waals surface area contributed by atoms with E-state index in [1.54, 1.807) is 19.9 Å². The van der Waals surface area contributed by atoms with E-state index in [1.165, 1.54) is 24.3 Å². The second-order valence-corrected chi connectivity index (χ2v) is 6.86. The standard InChI is InChI=1S/C14H14F3NO3S/c1-13(2,11-7-8-12(21-11)14(15,16)17)9-5-3-4-6-10(9)22(18,19)20/h3-8H,1-2H3,(H2,18,19,20). The van der Waals surface area contributed by atoms with E-state index in [-0.39, 0.29) is 16.2 Å². The number of hydrogen-bond acceptors (Lipinski definition) is 3. The lowest BCUT2D eigenvalue weighted by Gasteiger charge is -2.25. The zero-order valence-corrected chi connectivity index (χ0v) is 12.6. The zero-order valence-electron chi connectivity index (χ0n) is 11.8. The maximum absolute atomic E-state index is 12.7. The van der Waals surface area contributed by atoms with Gasteiger partial charge in [0.1, 0.15) is 5.76 Å². The van der Waals surface area contributed by atoms with Crippen molar-refractivity contribution in [1.29, 1.82) is 0 Å². The van der Waals surface area contributed by atoms with Crippen LogP contribution in [0.5, 0.6) is 0 Å². The third-order valence-corrected chi connectivity index (χ3v) is 4.34. The fraction of sp³-hybridized carbons (Fsp3) is 0.286. The molecule has 0 saturated heterocycles. The highest BCUT2D eigenvalue weighted by Gasteiger charge is 2.38. The van der Waals surface area contributed by atoms with Gasteiger partial charge in [-0.2, -0.15) is 13.2 Å². The van der Waals surface area contributed by atoms with Crippen LogP contribution in [0.1, 0.15) is 30.9 Å². The molecule has 0 aliphatic carbocycles. The Labute approximate surface area is 125 Å². The molecule has 0 aliphatic heterocycles. The van der Waals surface area contributed by atoms with Gasteiger partial charge in [-0.05, 0) is 37.6 Å². The van der Waals surface area contributed by atoms with E-state index in [4.69, 9.17) is 9.56 Å². The van der Waals surface area contributed by atoms with Crippen LogP contribution in [0.25, 0.3) is 0 Å². The molecule has 4 nitrogen and oxygen atoms in total. The van der Waals surface area contributed by atoms with E-state index < -0.39 is 27.4 Å². The minimum Gasteiger partial charge on any atom is -0.456 e. The maximum atomic E-state index is 12.7. The minimum atomic E-state index is -4.60. The summed E-state index contributed by atoms with van der Waals surface area (Å²) < 4.78 is 66.2. The van der Waals surface area contributed by atoms with Crippen LogP contribution < -0.4 is 5.14 Å². The van der Waals surface area contributed by atoms with Crippen LogP contribution in [-0.2, 0) is 21.6 Å². The summed E-state index contributed by atoms with van der Waals surface area (Å²) in [5.74, 6) is -1.14. The smallest absolute Gasteiger partial charge is 0.449 e. The van der Waals surface area contributed by atoms with Gasteiger partial charge in [0.15, 0.2) is 0 Å². The third-order valence-electron chi connectivity index (χ3n) is 3.37. The van der Waals surface area contributed by atoms with Gasteiger partial charge in [0, 0.05) is 5.41 Å². The third kappa shape index (κ3) is 3.02. The Bertz CT molecular complexity index is 792. The summed E-state index contributed by atoms with van der Waals surface area (Å²) >= 11 is 0. The molecule has 8 heteroatoms. The maximum Gasteiger partial charge on any atom is 0.449 e. The van der Waals surface area contributed by atoms with Gasteiger partial charge in [0.05, 0.1) is 4.90 Å².